The second-order valence-corrected chi connectivity index (χ2v) is 4.99. The molecule has 0 spiro atoms. The third-order valence-corrected chi connectivity index (χ3v) is 3.41. The van der Waals surface area contributed by atoms with E-state index in [0.717, 1.165) is 17.0 Å². The van der Waals surface area contributed by atoms with E-state index in [2.05, 4.69) is 15.5 Å². The van der Waals surface area contributed by atoms with E-state index < -0.39 is 0 Å². The van der Waals surface area contributed by atoms with Crippen molar-refractivity contribution in [3.05, 3.63) is 78.4 Å². The fourth-order valence-corrected chi connectivity index (χ4v) is 2.14. The largest absolute Gasteiger partial charge is 0.497 e. The minimum Gasteiger partial charge on any atom is -0.497 e. The number of nitrogens with one attached hydrogen (secondary N) is 1. The fraction of sp³-hybridized carbons (Fsp3) is 0.0556. The van der Waals surface area contributed by atoms with Gasteiger partial charge in [0, 0.05) is 41.6 Å². The van der Waals surface area contributed by atoms with Gasteiger partial charge in [-0.2, -0.15) is 5.10 Å². The maximum absolute atomic E-state index is 11.9. The van der Waals surface area contributed by atoms with Crippen LogP contribution < -0.4 is 10.2 Å². The molecule has 0 radical (unpaired) electrons. The monoisotopic (exact) mass is 320 g/mol. The number of aromatic nitrogens is 2. The first-order chi connectivity index (χ1) is 11.8. The molecule has 0 atom stereocenters. The van der Waals surface area contributed by atoms with Crippen LogP contribution in [-0.2, 0) is 0 Å². The van der Waals surface area contributed by atoms with Crippen molar-refractivity contribution in [1.82, 2.24) is 15.0 Å². The zero-order chi connectivity index (χ0) is 16.8. The highest BCUT2D eigenvalue weighted by molar-refractivity contribution is 5.94. The van der Waals surface area contributed by atoms with Gasteiger partial charge in [-0.15, -0.1) is 0 Å². The van der Waals surface area contributed by atoms with Crippen molar-refractivity contribution in [2.45, 2.75) is 0 Å². The summed E-state index contributed by atoms with van der Waals surface area (Å²) >= 11 is 0. The summed E-state index contributed by atoms with van der Waals surface area (Å²) in [6, 6.07) is 12.9. The van der Waals surface area contributed by atoms with Gasteiger partial charge in [0.25, 0.3) is 5.91 Å². The van der Waals surface area contributed by atoms with Crippen molar-refractivity contribution < 1.29 is 9.53 Å². The first kappa shape index (κ1) is 15.5. The molecule has 24 heavy (non-hydrogen) atoms. The third-order valence-electron chi connectivity index (χ3n) is 3.41. The third kappa shape index (κ3) is 3.67. The summed E-state index contributed by atoms with van der Waals surface area (Å²) in [6.45, 7) is 0. The summed E-state index contributed by atoms with van der Waals surface area (Å²) in [4.78, 5) is 15.7. The Morgan fingerprint density at radius 1 is 1.17 bits per heavy atom. The fourth-order valence-electron chi connectivity index (χ4n) is 2.14. The number of ether oxygens (including phenoxy) is 1. The van der Waals surface area contributed by atoms with E-state index in [1.165, 1.54) is 0 Å². The van der Waals surface area contributed by atoms with E-state index in [1.807, 2.05) is 47.3 Å². The molecule has 1 amide bonds. The van der Waals surface area contributed by atoms with Gasteiger partial charge in [-0.3, -0.25) is 9.78 Å². The summed E-state index contributed by atoms with van der Waals surface area (Å²) in [6.07, 6.45) is 8.57. The molecule has 120 valence electrons. The predicted octanol–water partition coefficient (Wildman–Crippen LogP) is 2.64. The van der Waals surface area contributed by atoms with Crippen molar-refractivity contribution in [2.75, 3.05) is 7.11 Å². The molecule has 0 saturated carbocycles. The van der Waals surface area contributed by atoms with E-state index in [1.54, 1.807) is 37.9 Å². The molecule has 6 nitrogen and oxygen atoms in total. The normalized spacial score (nSPS) is 10.7. The van der Waals surface area contributed by atoms with Gasteiger partial charge >= 0.3 is 0 Å². The topological polar surface area (TPSA) is 68.5 Å². The second-order valence-electron chi connectivity index (χ2n) is 4.99. The van der Waals surface area contributed by atoms with E-state index in [9.17, 15) is 4.79 Å². The van der Waals surface area contributed by atoms with Gasteiger partial charge in [0.2, 0.25) is 0 Å². The molecule has 0 aliphatic rings. The Morgan fingerprint density at radius 3 is 2.62 bits per heavy atom. The van der Waals surface area contributed by atoms with E-state index in [-0.39, 0.29) is 5.91 Å². The summed E-state index contributed by atoms with van der Waals surface area (Å²) in [5.74, 6) is 0.537. The lowest BCUT2D eigenvalue weighted by Gasteiger charge is -2.04. The Morgan fingerprint density at radius 2 is 1.92 bits per heavy atom. The van der Waals surface area contributed by atoms with Crippen molar-refractivity contribution in [2.24, 2.45) is 5.10 Å². The molecule has 2 aromatic heterocycles. The Bertz CT molecular complexity index is 839. The van der Waals surface area contributed by atoms with Crippen LogP contribution in [0.25, 0.3) is 5.69 Å². The highest BCUT2D eigenvalue weighted by Crippen LogP contribution is 2.15. The number of hydrogen-bond donors (Lipinski definition) is 1. The number of carbonyl (C=O) groups is 1. The molecule has 1 N–H and O–H groups in total. The lowest BCUT2D eigenvalue weighted by atomic mass is 10.3. The summed E-state index contributed by atoms with van der Waals surface area (Å²) in [5, 5.41) is 3.97. The van der Waals surface area contributed by atoms with Gasteiger partial charge in [0.1, 0.15) is 5.75 Å². The van der Waals surface area contributed by atoms with Crippen LogP contribution in [0.1, 0.15) is 15.9 Å². The summed E-state index contributed by atoms with van der Waals surface area (Å²) < 4.78 is 7.11. The van der Waals surface area contributed by atoms with Gasteiger partial charge < -0.3 is 9.30 Å². The van der Waals surface area contributed by atoms with Gasteiger partial charge in [0.15, 0.2) is 0 Å². The molecule has 6 heteroatoms. The number of pyridine rings is 1. The SMILES string of the molecule is COc1ccc(-n2ccc(/C=N\NC(=O)c3ccncc3)c2)cc1. The number of hydrogen-bond acceptors (Lipinski definition) is 4. The van der Waals surface area contributed by atoms with Crippen LogP contribution >= 0.6 is 0 Å². The van der Waals surface area contributed by atoms with Gasteiger partial charge in [-0.05, 0) is 42.5 Å². The maximum Gasteiger partial charge on any atom is 0.271 e. The first-order valence-electron chi connectivity index (χ1n) is 7.32. The number of carbonyl (C=O) groups excluding carboxylic acids is 1. The van der Waals surface area contributed by atoms with Crippen LogP contribution in [0.5, 0.6) is 5.75 Å². The number of benzene rings is 1. The second kappa shape index (κ2) is 7.23. The number of amides is 1. The van der Waals surface area contributed by atoms with Crippen molar-refractivity contribution in [3.63, 3.8) is 0 Å². The summed E-state index contributed by atoms with van der Waals surface area (Å²) in [7, 11) is 1.64. The maximum atomic E-state index is 11.9. The van der Waals surface area contributed by atoms with E-state index in [4.69, 9.17) is 4.74 Å². The standard InChI is InChI=1S/C18H16N4O2/c1-24-17-4-2-16(3-5-17)22-11-8-14(13-22)12-20-21-18(23)15-6-9-19-10-7-15/h2-13H,1H3,(H,21,23)/b20-12-. The van der Waals surface area contributed by atoms with Crippen LogP contribution in [0.2, 0.25) is 0 Å². The zero-order valence-corrected chi connectivity index (χ0v) is 13.1. The highest BCUT2D eigenvalue weighted by atomic mass is 16.5. The average Bonchev–Trinajstić information content (AvgIpc) is 3.11. The predicted molar refractivity (Wildman–Crippen MR) is 91.6 cm³/mol. The number of rotatable bonds is 5. The lowest BCUT2D eigenvalue weighted by Crippen LogP contribution is -2.17. The Hall–Kier alpha value is -3.41. The average molecular weight is 320 g/mol. The first-order valence-corrected chi connectivity index (χ1v) is 7.32. The van der Waals surface area contributed by atoms with Gasteiger partial charge in [0.05, 0.1) is 13.3 Å². The van der Waals surface area contributed by atoms with Crippen molar-refractivity contribution in [1.29, 1.82) is 0 Å². The van der Waals surface area contributed by atoms with Crippen LogP contribution in [0, 0.1) is 0 Å². The molecular formula is C18H16N4O2. The summed E-state index contributed by atoms with van der Waals surface area (Å²) in [5.41, 5.74) is 4.89. The van der Waals surface area contributed by atoms with Crippen LogP contribution in [-0.4, -0.2) is 28.8 Å². The Kier molecular flexibility index (Phi) is 4.67. The number of nitrogens with zero attached hydrogens (tertiary/aromatic N) is 3. The van der Waals surface area contributed by atoms with Crippen molar-refractivity contribution in [3.8, 4) is 11.4 Å². The van der Waals surface area contributed by atoms with Crippen LogP contribution in [0.4, 0.5) is 0 Å². The molecule has 2 heterocycles. The van der Waals surface area contributed by atoms with Crippen LogP contribution in [0.15, 0.2) is 72.4 Å². The Labute approximate surface area is 139 Å². The minimum absolute atomic E-state index is 0.275. The smallest absolute Gasteiger partial charge is 0.271 e. The molecule has 0 fully saturated rings. The molecule has 0 aliphatic heterocycles. The minimum atomic E-state index is -0.275. The molecule has 0 bridgehead atoms. The molecule has 0 saturated heterocycles. The molecule has 0 aliphatic carbocycles. The molecule has 1 aromatic carbocycles. The van der Waals surface area contributed by atoms with Crippen molar-refractivity contribution >= 4 is 12.1 Å². The molecule has 3 rings (SSSR count). The Balaban J connectivity index is 1.64. The van der Waals surface area contributed by atoms with Gasteiger partial charge in [-0.1, -0.05) is 0 Å². The van der Waals surface area contributed by atoms with Crippen LogP contribution in [0.3, 0.4) is 0 Å². The lowest BCUT2D eigenvalue weighted by molar-refractivity contribution is 0.0955. The van der Waals surface area contributed by atoms with E-state index in [0.29, 0.717) is 5.56 Å². The quantitative estimate of drug-likeness (QED) is 0.580. The van der Waals surface area contributed by atoms with Gasteiger partial charge in [-0.25, -0.2) is 5.43 Å². The molecule has 3 aromatic rings. The molecule has 0 unspecified atom stereocenters. The highest BCUT2D eigenvalue weighted by Gasteiger charge is 2.02. The number of hydrazone groups is 1. The number of methoxy groups -OCH3 is 1. The zero-order valence-electron chi connectivity index (χ0n) is 13.1. The molecular weight excluding hydrogens is 304 g/mol. The van der Waals surface area contributed by atoms with E-state index >= 15 is 0 Å².